The predicted molar refractivity (Wildman–Crippen MR) is 101 cm³/mol. The molecule has 1 aromatic heterocycles. The number of hydrogen-bond acceptors (Lipinski definition) is 5. The van der Waals surface area contributed by atoms with Crippen LogP contribution in [0, 0.1) is 0 Å². The Morgan fingerprint density at radius 3 is 2.47 bits per heavy atom. The zero-order chi connectivity index (χ0) is 21.5. The van der Waals surface area contributed by atoms with Crippen molar-refractivity contribution in [3.8, 4) is 17.2 Å². The molecule has 4 rings (SSSR count). The number of carbonyl (C=O) groups is 1. The molecule has 1 aliphatic rings. The molecule has 0 saturated heterocycles. The number of pyridine rings is 1. The van der Waals surface area contributed by atoms with Gasteiger partial charge in [-0.15, -0.1) is 13.2 Å². The summed E-state index contributed by atoms with van der Waals surface area (Å²) in [5.41, 5.74) is 0.195. The van der Waals surface area contributed by atoms with E-state index >= 15 is 0 Å². The molecule has 0 aliphatic carbocycles. The zero-order valence-corrected chi connectivity index (χ0v) is 15.6. The Morgan fingerprint density at radius 1 is 1.17 bits per heavy atom. The van der Waals surface area contributed by atoms with Crippen molar-refractivity contribution >= 4 is 22.5 Å². The van der Waals surface area contributed by atoms with Gasteiger partial charge >= 0.3 is 6.36 Å². The minimum atomic E-state index is -4.81. The number of hydrogen-bond donors (Lipinski definition) is 1. The average Bonchev–Trinajstić information content (AvgIpc) is 3.15. The van der Waals surface area contributed by atoms with Gasteiger partial charge in [0.15, 0.2) is 11.5 Å². The van der Waals surface area contributed by atoms with Gasteiger partial charge in [-0.25, -0.2) is 0 Å². The number of alkyl halides is 3. The quantitative estimate of drug-likeness (QED) is 0.693. The molecule has 1 aliphatic heterocycles. The van der Waals surface area contributed by atoms with Crippen molar-refractivity contribution in [2.75, 3.05) is 12.1 Å². The number of benzene rings is 2. The smallest absolute Gasteiger partial charge is 0.454 e. The van der Waals surface area contributed by atoms with Gasteiger partial charge in [0.05, 0.1) is 10.9 Å². The van der Waals surface area contributed by atoms with E-state index in [4.69, 9.17) is 9.47 Å². The first-order valence-corrected chi connectivity index (χ1v) is 8.89. The standard InChI is InChI=1S/C20H15F3N2O5/c1-2-25-9-14(18(26)13-7-16-17(8-15(13)25)29-10-28-16)19(27)24-11-3-5-12(6-4-11)30-20(21,22)23/h3-9H,2,10H2,1H3,(H,24,27). The molecule has 1 N–H and O–H groups in total. The van der Waals surface area contributed by atoms with E-state index in [0.717, 1.165) is 12.1 Å². The Labute approximate surface area is 167 Å². The Kier molecular flexibility index (Phi) is 4.76. The van der Waals surface area contributed by atoms with Crippen LogP contribution in [0.3, 0.4) is 0 Å². The monoisotopic (exact) mass is 420 g/mol. The molecule has 0 fully saturated rings. The molecule has 0 unspecified atom stereocenters. The van der Waals surface area contributed by atoms with E-state index in [1.165, 1.54) is 24.4 Å². The first kappa shape index (κ1) is 19.6. The fourth-order valence-corrected chi connectivity index (χ4v) is 3.14. The largest absolute Gasteiger partial charge is 0.573 e. The van der Waals surface area contributed by atoms with Crippen LogP contribution in [-0.2, 0) is 6.54 Å². The zero-order valence-electron chi connectivity index (χ0n) is 15.6. The molecule has 2 heterocycles. The lowest BCUT2D eigenvalue weighted by Gasteiger charge is -2.13. The average molecular weight is 420 g/mol. The summed E-state index contributed by atoms with van der Waals surface area (Å²) in [6.07, 6.45) is -3.38. The predicted octanol–water partition coefficient (Wildman–Crippen LogP) is 3.90. The lowest BCUT2D eigenvalue weighted by Crippen LogP contribution is -2.24. The molecule has 0 atom stereocenters. The highest BCUT2D eigenvalue weighted by molar-refractivity contribution is 6.06. The minimum Gasteiger partial charge on any atom is -0.454 e. The number of nitrogens with zero attached hydrogens (tertiary/aromatic N) is 1. The third-order valence-corrected chi connectivity index (χ3v) is 4.51. The van der Waals surface area contributed by atoms with E-state index in [1.807, 2.05) is 6.92 Å². The third kappa shape index (κ3) is 3.76. The number of anilines is 1. The highest BCUT2D eigenvalue weighted by atomic mass is 19.4. The fourth-order valence-electron chi connectivity index (χ4n) is 3.14. The molecule has 0 saturated carbocycles. The van der Waals surface area contributed by atoms with Crippen LogP contribution in [0.4, 0.5) is 18.9 Å². The molecular weight excluding hydrogens is 405 g/mol. The lowest BCUT2D eigenvalue weighted by molar-refractivity contribution is -0.274. The number of halogens is 3. The van der Waals surface area contributed by atoms with E-state index in [1.54, 1.807) is 10.6 Å². The first-order valence-electron chi connectivity index (χ1n) is 8.89. The number of fused-ring (bicyclic) bond motifs is 2. The van der Waals surface area contributed by atoms with Crippen LogP contribution in [0.1, 0.15) is 17.3 Å². The van der Waals surface area contributed by atoms with Crippen LogP contribution in [0.2, 0.25) is 0 Å². The van der Waals surface area contributed by atoms with E-state index in [-0.39, 0.29) is 18.0 Å². The normalized spacial score (nSPS) is 12.8. The van der Waals surface area contributed by atoms with E-state index in [9.17, 15) is 22.8 Å². The summed E-state index contributed by atoms with van der Waals surface area (Å²) in [4.78, 5) is 25.6. The van der Waals surface area contributed by atoms with Crippen LogP contribution in [0.15, 0.2) is 47.4 Å². The molecule has 0 bridgehead atoms. The topological polar surface area (TPSA) is 78.8 Å². The van der Waals surface area contributed by atoms with Gasteiger partial charge in [-0.2, -0.15) is 0 Å². The Balaban J connectivity index is 1.66. The van der Waals surface area contributed by atoms with Gasteiger partial charge in [-0.1, -0.05) is 0 Å². The summed E-state index contributed by atoms with van der Waals surface area (Å²) in [6, 6.07) is 7.84. The molecule has 10 heteroatoms. The number of amides is 1. The van der Waals surface area contributed by atoms with Crippen molar-refractivity contribution in [1.29, 1.82) is 0 Å². The second-order valence-corrected chi connectivity index (χ2v) is 6.41. The number of nitrogens with one attached hydrogen (secondary N) is 1. The van der Waals surface area contributed by atoms with Crippen LogP contribution in [-0.4, -0.2) is 23.6 Å². The van der Waals surface area contributed by atoms with Gasteiger partial charge in [-0.3, -0.25) is 9.59 Å². The van der Waals surface area contributed by atoms with E-state index in [0.29, 0.717) is 28.9 Å². The van der Waals surface area contributed by atoms with Gasteiger partial charge < -0.3 is 24.1 Å². The second kappa shape index (κ2) is 7.29. The number of carbonyl (C=O) groups excluding carboxylic acids is 1. The summed E-state index contributed by atoms with van der Waals surface area (Å²) in [7, 11) is 0. The molecule has 3 aromatic rings. The van der Waals surface area contributed by atoms with E-state index in [2.05, 4.69) is 10.1 Å². The molecule has 2 aromatic carbocycles. The van der Waals surface area contributed by atoms with Crippen molar-refractivity contribution in [1.82, 2.24) is 4.57 Å². The Morgan fingerprint density at radius 2 is 1.83 bits per heavy atom. The summed E-state index contributed by atoms with van der Waals surface area (Å²) in [5.74, 6) is -0.176. The lowest BCUT2D eigenvalue weighted by atomic mass is 10.1. The van der Waals surface area contributed by atoms with E-state index < -0.39 is 23.4 Å². The summed E-state index contributed by atoms with van der Waals surface area (Å²) in [6.45, 7) is 2.39. The van der Waals surface area contributed by atoms with Gasteiger partial charge in [0.1, 0.15) is 11.3 Å². The van der Waals surface area contributed by atoms with Gasteiger partial charge in [-0.05, 0) is 37.3 Å². The highest BCUT2D eigenvalue weighted by Gasteiger charge is 2.31. The highest BCUT2D eigenvalue weighted by Crippen LogP contribution is 2.35. The molecular formula is C20H15F3N2O5. The molecule has 30 heavy (non-hydrogen) atoms. The Bertz CT molecular complexity index is 1190. The van der Waals surface area contributed by atoms with Crippen molar-refractivity contribution in [3.05, 3.63) is 58.4 Å². The summed E-state index contributed by atoms with van der Waals surface area (Å²) < 4.78 is 52.9. The number of aromatic nitrogens is 1. The molecule has 1 amide bonds. The van der Waals surface area contributed by atoms with Gasteiger partial charge in [0.25, 0.3) is 5.91 Å². The second-order valence-electron chi connectivity index (χ2n) is 6.41. The molecule has 7 nitrogen and oxygen atoms in total. The van der Waals surface area contributed by atoms with Crippen molar-refractivity contribution in [3.63, 3.8) is 0 Å². The molecule has 156 valence electrons. The van der Waals surface area contributed by atoms with Crippen LogP contribution in [0.25, 0.3) is 10.9 Å². The number of rotatable bonds is 4. The van der Waals surface area contributed by atoms with Crippen molar-refractivity contribution in [2.24, 2.45) is 0 Å². The first-order chi connectivity index (χ1) is 14.2. The number of ether oxygens (including phenoxy) is 3. The Hall–Kier alpha value is -3.69. The molecule has 0 spiro atoms. The maximum atomic E-state index is 12.9. The minimum absolute atomic E-state index is 0.0490. The molecule has 0 radical (unpaired) electrons. The summed E-state index contributed by atoms with van der Waals surface area (Å²) >= 11 is 0. The number of aryl methyl sites for hydroxylation is 1. The third-order valence-electron chi connectivity index (χ3n) is 4.51. The maximum Gasteiger partial charge on any atom is 0.573 e. The van der Waals surface area contributed by atoms with Crippen molar-refractivity contribution in [2.45, 2.75) is 19.8 Å². The van der Waals surface area contributed by atoms with Crippen LogP contribution < -0.4 is 25.0 Å². The summed E-state index contributed by atoms with van der Waals surface area (Å²) in [5, 5.41) is 2.81. The van der Waals surface area contributed by atoms with Gasteiger partial charge in [0, 0.05) is 24.5 Å². The fraction of sp³-hybridized carbons (Fsp3) is 0.200. The SMILES string of the molecule is CCn1cc(C(=O)Nc2ccc(OC(F)(F)F)cc2)c(=O)c2cc3c(cc21)OCO3. The van der Waals surface area contributed by atoms with Crippen LogP contribution >= 0.6 is 0 Å². The van der Waals surface area contributed by atoms with Gasteiger partial charge in [0.2, 0.25) is 12.2 Å². The maximum absolute atomic E-state index is 12.9. The van der Waals surface area contributed by atoms with Crippen LogP contribution in [0.5, 0.6) is 17.2 Å². The van der Waals surface area contributed by atoms with Crippen molar-refractivity contribution < 1.29 is 32.2 Å².